The topological polar surface area (TPSA) is 12.9 Å². The van der Waals surface area contributed by atoms with Crippen molar-refractivity contribution in [2.24, 2.45) is 0 Å². The lowest BCUT2D eigenvalue weighted by atomic mass is 9.77. The molecule has 0 saturated heterocycles. The molecule has 0 radical (unpaired) electrons. The molecule has 0 N–H and O–H groups in total. The summed E-state index contributed by atoms with van der Waals surface area (Å²) in [6, 6.07) is 28.6. The average molecular weight is 546 g/mol. The zero-order valence-electron chi connectivity index (χ0n) is 24.3. The van der Waals surface area contributed by atoms with Crippen LogP contribution in [0, 0.1) is 0 Å². The van der Waals surface area contributed by atoms with Gasteiger partial charge in [-0.15, -0.1) is 0 Å². The van der Waals surface area contributed by atoms with Crippen LogP contribution in [0.3, 0.4) is 0 Å². The van der Waals surface area contributed by atoms with Gasteiger partial charge < -0.3 is 0 Å². The van der Waals surface area contributed by atoms with E-state index in [0.717, 1.165) is 25.7 Å². The minimum absolute atomic E-state index is 0.152. The van der Waals surface area contributed by atoms with Gasteiger partial charge in [0, 0.05) is 17.2 Å². The van der Waals surface area contributed by atoms with Gasteiger partial charge in [-0.2, -0.15) is 0 Å². The van der Waals surface area contributed by atoms with Crippen LogP contribution in [0.25, 0.3) is 66.8 Å². The molecule has 12 rings (SSSR count). The summed E-state index contributed by atoms with van der Waals surface area (Å²) in [4.78, 5) is 4.93. The van der Waals surface area contributed by atoms with Gasteiger partial charge in [-0.1, -0.05) is 74.5 Å². The summed E-state index contributed by atoms with van der Waals surface area (Å²) in [7, 11) is 0. The highest BCUT2D eigenvalue weighted by Crippen LogP contribution is 2.64. The second-order valence-corrected chi connectivity index (χ2v) is 14.2. The molecule has 6 aliphatic carbocycles. The maximum absolute atomic E-state index is 4.93. The molecule has 0 atom stereocenters. The van der Waals surface area contributed by atoms with Crippen LogP contribution in [0.5, 0.6) is 0 Å². The standard InChI is InChI=1S/C42H27N/c1-42(2)40-27(29-7-4-14-43-41(29)42)5-3-6-28(40)30-19-26-17-24-11-10-22-15-20-8-9-21-16-23-12-13-25-18-31(30)39-37(25)35(23)33(21)32(20)34(22)36(24)38(26)39/h3-14,19H,15-18H2,1-2H3. The van der Waals surface area contributed by atoms with Gasteiger partial charge in [0.2, 0.25) is 0 Å². The van der Waals surface area contributed by atoms with Crippen molar-refractivity contribution in [3.8, 4) is 66.8 Å². The van der Waals surface area contributed by atoms with Gasteiger partial charge in [-0.3, -0.25) is 4.98 Å². The maximum Gasteiger partial charge on any atom is 0.0582 e. The van der Waals surface area contributed by atoms with Crippen LogP contribution in [-0.2, 0) is 31.1 Å². The van der Waals surface area contributed by atoms with Crippen molar-refractivity contribution in [2.75, 3.05) is 0 Å². The van der Waals surface area contributed by atoms with E-state index >= 15 is 0 Å². The molecule has 1 nitrogen and oxygen atoms in total. The first kappa shape index (κ1) is 21.9. The Morgan fingerprint density at radius 2 is 0.930 bits per heavy atom. The van der Waals surface area contributed by atoms with Gasteiger partial charge in [0.05, 0.1) is 5.69 Å². The Morgan fingerprint density at radius 1 is 0.465 bits per heavy atom. The van der Waals surface area contributed by atoms with Crippen molar-refractivity contribution in [3.63, 3.8) is 0 Å². The largest absolute Gasteiger partial charge is 0.260 e. The smallest absolute Gasteiger partial charge is 0.0582 e. The van der Waals surface area contributed by atoms with E-state index in [2.05, 4.69) is 86.6 Å². The van der Waals surface area contributed by atoms with Crippen molar-refractivity contribution < 1.29 is 0 Å². The van der Waals surface area contributed by atoms with Crippen molar-refractivity contribution >= 4 is 0 Å². The highest BCUT2D eigenvalue weighted by atomic mass is 14.7. The summed E-state index contributed by atoms with van der Waals surface area (Å²) >= 11 is 0. The minimum atomic E-state index is -0.152. The molecule has 0 aliphatic heterocycles. The van der Waals surface area contributed by atoms with Crippen LogP contribution in [0.1, 0.15) is 69.6 Å². The van der Waals surface area contributed by atoms with Gasteiger partial charge in [0.1, 0.15) is 0 Å². The lowest BCUT2D eigenvalue weighted by Gasteiger charge is -2.26. The van der Waals surface area contributed by atoms with E-state index in [-0.39, 0.29) is 5.41 Å². The molecule has 0 fully saturated rings. The first-order valence-corrected chi connectivity index (χ1v) is 15.8. The zero-order valence-corrected chi connectivity index (χ0v) is 24.3. The van der Waals surface area contributed by atoms with Crippen molar-refractivity contribution in [1.82, 2.24) is 4.98 Å². The number of pyridine rings is 1. The van der Waals surface area contributed by atoms with E-state index in [4.69, 9.17) is 4.98 Å². The Bertz CT molecular complexity index is 2420. The van der Waals surface area contributed by atoms with Crippen LogP contribution in [0.2, 0.25) is 0 Å². The number of hydrogen-bond acceptors (Lipinski definition) is 1. The second-order valence-electron chi connectivity index (χ2n) is 14.2. The van der Waals surface area contributed by atoms with E-state index < -0.39 is 0 Å². The van der Waals surface area contributed by atoms with Crippen LogP contribution in [0.4, 0.5) is 0 Å². The van der Waals surface area contributed by atoms with Gasteiger partial charge in [-0.25, -0.2) is 0 Å². The fraction of sp³-hybridized carbons (Fsp3) is 0.167. The number of nitrogens with zero attached hydrogens (tertiary/aromatic N) is 1. The molecule has 6 aliphatic rings. The highest BCUT2D eigenvalue weighted by Gasteiger charge is 2.44. The van der Waals surface area contributed by atoms with E-state index in [1.807, 2.05) is 6.20 Å². The summed E-state index contributed by atoms with van der Waals surface area (Å²) in [5.74, 6) is 0. The highest BCUT2D eigenvalue weighted by molar-refractivity contribution is 6.14. The summed E-state index contributed by atoms with van der Waals surface area (Å²) < 4.78 is 0. The fourth-order valence-electron chi connectivity index (χ4n) is 10.3. The van der Waals surface area contributed by atoms with E-state index in [1.54, 1.807) is 44.5 Å². The molecular formula is C42H27N. The summed E-state index contributed by atoms with van der Waals surface area (Å²) in [5, 5.41) is 0. The fourth-order valence-corrected chi connectivity index (χ4v) is 10.3. The third kappa shape index (κ3) is 2.26. The van der Waals surface area contributed by atoms with Crippen LogP contribution >= 0.6 is 0 Å². The monoisotopic (exact) mass is 545 g/mol. The Morgan fingerprint density at radius 3 is 1.53 bits per heavy atom. The number of aromatic nitrogens is 1. The number of hydrogen-bond donors (Lipinski definition) is 0. The molecule has 1 heteroatoms. The number of fused-ring (bicyclic) bond motifs is 3. The van der Waals surface area contributed by atoms with Crippen molar-refractivity contribution in [2.45, 2.75) is 44.9 Å². The predicted molar refractivity (Wildman–Crippen MR) is 174 cm³/mol. The molecule has 0 saturated carbocycles. The molecule has 0 spiro atoms. The normalized spacial score (nSPS) is 16.4. The number of rotatable bonds is 1. The second kappa shape index (κ2) is 6.74. The Labute approximate surface area is 250 Å². The third-order valence-corrected chi connectivity index (χ3v) is 11.8. The molecule has 6 aromatic rings. The summed E-state index contributed by atoms with van der Waals surface area (Å²) in [5.41, 5.74) is 32.5. The SMILES string of the molecule is CC1(C)c2ncccc2-c2cccc(-c3cc4c5c6c3Cc3ccc7c(c3-6)-c3c(ccc6c3-c3c(ccc(c3-5)C4)C6)C7)c21. The van der Waals surface area contributed by atoms with Crippen LogP contribution in [-0.4, -0.2) is 4.98 Å². The Kier molecular flexibility index (Phi) is 3.43. The molecule has 200 valence electrons. The molecular weight excluding hydrogens is 518 g/mol. The lowest BCUT2D eigenvalue weighted by molar-refractivity contribution is 0.638. The Balaban J connectivity index is 1.25. The molecule has 1 heterocycles. The molecule has 0 bridgehead atoms. The molecule has 0 amide bonds. The Hall–Kier alpha value is -4.75. The minimum Gasteiger partial charge on any atom is -0.260 e. The van der Waals surface area contributed by atoms with Gasteiger partial charge in [-0.05, 0) is 149 Å². The predicted octanol–water partition coefficient (Wildman–Crippen LogP) is 9.65. The van der Waals surface area contributed by atoms with Crippen LogP contribution in [0.15, 0.2) is 79.0 Å². The molecule has 1 aromatic heterocycles. The van der Waals surface area contributed by atoms with Gasteiger partial charge in [0.15, 0.2) is 0 Å². The quantitative estimate of drug-likeness (QED) is 0.200. The number of benzene rings is 5. The molecule has 43 heavy (non-hydrogen) atoms. The van der Waals surface area contributed by atoms with E-state index in [9.17, 15) is 0 Å². The first-order chi connectivity index (χ1) is 21.1. The van der Waals surface area contributed by atoms with E-state index in [1.165, 1.54) is 78.0 Å². The summed E-state index contributed by atoms with van der Waals surface area (Å²) in [6.45, 7) is 4.74. The molecule has 0 unspecified atom stereocenters. The van der Waals surface area contributed by atoms with Crippen molar-refractivity contribution in [1.29, 1.82) is 0 Å². The molecule has 5 aromatic carbocycles. The lowest BCUT2D eigenvalue weighted by Crippen LogP contribution is -2.18. The maximum atomic E-state index is 4.93. The average Bonchev–Trinajstić information content (AvgIpc) is 3.80. The summed E-state index contributed by atoms with van der Waals surface area (Å²) in [6.07, 6.45) is 6.10. The van der Waals surface area contributed by atoms with Gasteiger partial charge in [0.25, 0.3) is 0 Å². The third-order valence-electron chi connectivity index (χ3n) is 11.8. The van der Waals surface area contributed by atoms with Gasteiger partial charge >= 0.3 is 0 Å². The first-order valence-electron chi connectivity index (χ1n) is 15.8. The zero-order chi connectivity index (χ0) is 27.9. The van der Waals surface area contributed by atoms with Crippen LogP contribution < -0.4 is 0 Å². The van der Waals surface area contributed by atoms with E-state index in [0.29, 0.717) is 0 Å². The van der Waals surface area contributed by atoms with Crippen molar-refractivity contribution in [3.05, 3.63) is 135 Å².